The topological polar surface area (TPSA) is 84.9 Å². The molecule has 1 aliphatic rings. The van der Waals surface area contributed by atoms with E-state index in [0.717, 1.165) is 12.1 Å². The first-order valence-corrected chi connectivity index (χ1v) is 9.61. The van der Waals surface area contributed by atoms with Crippen LogP contribution in [0.15, 0.2) is 18.2 Å². The molecular formula is C20H26F2N2O5. The second-order valence-corrected chi connectivity index (χ2v) is 6.90. The summed E-state index contributed by atoms with van der Waals surface area (Å²) in [6.45, 7) is 3.75. The Labute approximate surface area is 168 Å². The maximum Gasteiger partial charge on any atom is 0.325 e. The Morgan fingerprint density at radius 2 is 1.90 bits per heavy atom. The Balaban J connectivity index is 2.18. The Morgan fingerprint density at radius 3 is 2.55 bits per heavy atom. The molecule has 0 radical (unpaired) electrons. The molecule has 1 atom stereocenters. The lowest BCUT2D eigenvalue weighted by Gasteiger charge is -2.41. The van der Waals surface area contributed by atoms with E-state index in [1.807, 2.05) is 0 Å². The van der Waals surface area contributed by atoms with Gasteiger partial charge in [-0.25, -0.2) is 13.6 Å². The molecule has 0 aromatic heterocycles. The van der Waals surface area contributed by atoms with Crippen molar-refractivity contribution in [1.82, 2.24) is 10.2 Å². The number of likely N-dealkylation sites (tertiary alicyclic amines) is 1. The van der Waals surface area contributed by atoms with E-state index in [2.05, 4.69) is 5.32 Å². The molecule has 2 rings (SSSR count). The summed E-state index contributed by atoms with van der Waals surface area (Å²) in [6, 6.07) is 2.67. The molecule has 0 unspecified atom stereocenters. The molecular weight excluding hydrogens is 386 g/mol. The monoisotopic (exact) mass is 412 g/mol. The van der Waals surface area contributed by atoms with Crippen LogP contribution in [-0.4, -0.2) is 55.7 Å². The summed E-state index contributed by atoms with van der Waals surface area (Å²) in [5.74, 6) is -2.56. The number of piperidine rings is 1. The number of ether oxygens (including phenoxy) is 2. The molecule has 0 spiro atoms. The van der Waals surface area contributed by atoms with Gasteiger partial charge < -0.3 is 19.7 Å². The number of hydrogen-bond acceptors (Lipinski definition) is 5. The Morgan fingerprint density at radius 1 is 1.17 bits per heavy atom. The van der Waals surface area contributed by atoms with E-state index in [-0.39, 0.29) is 38.3 Å². The number of esters is 2. The van der Waals surface area contributed by atoms with Crippen LogP contribution in [0.1, 0.15) is 32.3 Å². The van der Waals surface area contributed by atoms with Crippen molar-refractivity contribution >= 4 is 18.0 Å². The Kier molecular flexibility index (Phi) is 7.92. The largest absolute Gasteiger partial charge is 0.466 e. The van der Waals surface area contributed by atoms with E-state index in [0.29, 0.717) is 19.4 Å². The van der Waals surface area contributed by atoms with Crippen molar-refractivity contribution in [2.24, 2.45) is 5.41 Å². The number of amides is 2. The van der Waals surface area contributed by atoms with Crippen molar-refractivity contribution in [3.05, 3.63) is 35.4 Å². The van der Waals surface area contributed by atoms with Crippen LogP contribution in [0.25, 0.3) is 0 Å². The molecule has 29 heavy (non-hydrogen) atoms. The van der Waals surface area contributed by atoms with Crippen molar-refractivity contribution in [2.75, 3.05) is 32.8 Å². The molecule has 0 aliphatic carbocycles. The SMILES string of the molecule is CCOC(=O)CNC(=O)N1CCC[C@@](Cc2ccc(F)cc2F)(C(=O)OCC)C1. The van der Waals surface area contributed by atoms with Crippen LogP contribution in [0.5, 0.6) is 0 Å². The smallest absolute Gasteiger partial charge is 0.325 e. The first-order valence-electron chi connectivity index (χ1n) is 9.61. The molecule has 1 N–H and O–H groups in total. The van der Waals surface area contributed by atoms with Crippen LogP contribution in [0.2, 0.25) is 0 Å². The molecule has 0 saturated carbocycles. The predicted molar refractivity (Wildman–Crippen MR) is 100.0 cm³/mol. The van der Waals surface area contributed by atoms with E-state index in [9.17, 15) is 23.2 Å². The fourth-order valence-corrected chi connectivity index (χ4v) is 3.47. The number of carbonyl (C=O) groups excluding carboxylic acids is 3. The second kappa shape index (κ2) is 10.2. The van der Waals surface area contributed by atoms with E-state index < -0.39 is 35.0 Å². The molecule has 1 aliphatic heterocycles. The van der Waals surface area contributed by atoms with Crippen LogP contribution in [-0.2, 0) is 25.5 Å². The highest BCUT2D eigenvalue weighted by Gasteiger charge is 2.45. The van der Waals surface area contributed by atoms with Gasteiger partial charge in [-0.1, -0.05) is 6.07 Å². The first-order chi connectivity index (χ1) is 13.8. The molecule has 1 aromatic rings. The number of rotatable bonds is 7. The van der Waals surface area contributed by atoms with Gasteiger partial charge in [-0.2, -0.15) is 0 Å². The van der Waals surface area contributed by atoms with Gasteiger partial charge >= 0.3 is 18.0 Å². The molecule has 9 heteroatoms. The van der Waals surface area contributed by atoms with E-state index in [1.165, 1.54) is 11.0 Å². The van der Waals surface area contributed by atoms with Crippen molar-refractivity contribution in [1.29, 1.82) is 0 Å². The Bertz CT molecular complexity index is 758. The first kappa shape index (κ1) is 22.6. The van der Waals surface area contributed by atoms with Gasteiger partial charge in [0, 0.05) is 19.2 Å². The molecule has 2 amide bonds. The zero-order valence-corrected chi connectivity index (χ0v) is 16.6. The lowest BCUT2D eigenvalue weighted by atomic mass is 9.75. The highest BCUT2D eigenvalue weighted by molar-refractivity contribution is 5.83. The van der Waals surface area contributed by atoms with Gasteiger partial charge in [0.15, 0.2) is 0 Å². The maximum absolute atomic E-state index is 14.2. The summed E-state index contributed by atoms with van der Waals surface area (Å²) in [7, 11) is 0. The highest BCUT2D eigenvalue weighted by Crippen LogP contribution is 2.36. The van der Waals surface area contributed by atoms with Crippen molar-refractivity contribution in [2.45, 2.75) is 33.1 Å². The van der Waals surface area contributed by atoms with Gasteiger partial charge in [0.2, 0.25) is 0 Å². The molecule has 1 saturated heterocycles. The van der Waals surface area contributed by atoms with Gasteiger partial charge in [0.05, 0.1) is 18.6 Å². The van der Waals surface area contributed by atoms with Crippen LogP contribution >= 0.6 is 0 Å². The van der Waals surface area contributed by atoms with E-state index in [4.69, 9.17) is 9.47 Å². The summed E-state index contributed by atoms with van der Waals surface area (Å²) in [5, 5.41) is 2.47. The van der Waals surface area contributed by atoms with Gasteiger partial charge in [-0.3, -0.25) is 9.59 Å². The number of urea groups is 1. The van der Waals surface area contributed by atoms with Crippen LogP contribution in [0.4, 0.5) is 13.6 Å². The minimum atomic E-state index is -1.16. The number of benzene rings is 1. The van der Waals surface area contributed by atoms with Gasteiger partial charge in [-0.05, 0) is 44.7 Å². The third-order valence-electron chi connectivity index (χ3n) is 4.81. The zero-order chi connectivity index (χ0) is 21.4. The standard InChI is InChI=1S/C20H26F2N2O5/c1-3-28-17(25)12-23-19(27)24-9-5-8-20(13-24,18(26)29-4-2)11-14-6-7-15(21)10-16(14)22/h6-7,10H,3-5,8-9,11-13H2,1-2H3,(H,23,27)/t20-/m0/s1. The predicted octanol–water partition coefficient (Wildman–Crippen LogP) is 2.43. The number of hydrogen-bond donors (Lipinski definition) is 1. The second-order valence-electron chi connectivity index (χ2n) is 6.90. The summed E-state index contributed by atoms with van der Waals surface area (Å²) < 4.78 is 37.5. The van der Waals surface area contributed by atoms with Gasteiger partial charge in [0.25, 0.3) is 0 Å². The zero-order valence-electron chi connectivity index (χ0n) is 16.6. The maximum atomic E-state index is 14.2. The molecule has 0 bridgehead atoms. The number of nitrogens with zero attached hydrogens (tertiary/aromatic N) is 1. The number of halogens is 2. The van der Waals surface area contributed by atoms with Gasteiger partial charge in [0.1, 0.15) is 18.2 Å². The average Bonchev–Trinajstić information content (AvgIpc) is 2.69. The van der Waals surface area contributed by atoms with Crippen molar-refractivity contribution < 1.29 is 32.6 Å². The lowest BCUT2D eigenvalue weighted by Crippen LogP contribution is -2.54. The highest BCUT2D eigenvalue weighted by atomic mass is 19.1. The number of carbonyl (C=O) groups is 3. The fraction of sp³-hybridized carbons (Fsp3) is 0.550. The van der Waals surface area contributed by atoms with Crippen molar-refractivity contribution in [3.8, 4) is 0 Å². The quantitative estimate of drug-likeness (QED) is 0.696. The van der Waals surface area contributed by atoms with E-state index in [1.54, 1.807) is 13.8 Å². The molecule has 7 nitrogen and oxygen atoms in total. The molecule has 1 heterocycles. The summed E-state index contributed by atoms with van der Waals surface area (Å²) in [6.07, 6.45) is 0.859. The van der Waals surface area contributed by atoms with Crippen LogP contribution in [0, 0.1) is 17.0 Å². The number of nitrogens with one attached hydrogen (secondary N) is 1. The average molecular weight is 412 g/mol. The summed E-state index contributed by atoms with van der Waals surface area (Å²) >= 11 is 0. The van der Waals surface area contributed by atoms with Crippen molar-refractivity contribution in [3.63, 3.8) is 0 Å². The minimum Gasteiger partial charge on any atom is -0.466 e. The third kappa shape index (κ3) is 5.88. The normalized spacial score (nSPS) is 18.8. The molecule has 1 fully saturated rings. The van der Waals surface area contributed by atoms with Crippen LogP contribution in [0.3, 0.4) is 0 Å². The minimum absolute atomic E-state index is 0.00267. The lowest BCUT2D eigenvalue weighted by molar-refractivity contribution is -0.158. The molecule has 160 valence electrons. The Hall–Kier alpha value is -2.71. The summed E-state index contributed by atoms with van der Waals surface area (Å²) in [4.78, 5) is 38.1. The summed E-state index contributed by atoms with van der Waals surface area (Å²) in [5.41, 5.74) is -0.984. The van der Waals surface area contributed by atoms with Gasteiger partial charge in [-0.15, -0.1) is 0 Å². The third-order valence-corrected chi connectivity index (χ3v) is 4.81. The van der Waals surface area contributed by atoms with Crippen LogP contribution < -0.4 is 5.32 Å². The fourth-order valence-electron chi connectivity index (χ4n) is 3.47. The molecule has 1 aromatic carbocycles. The van der Waals surface area contributed by atoms with E-state index >= 15 is 0 Å².